The Balaban J connectivity index is 1.94. The zero-order valence-corrected chi connectivity index (χ0v) is 15.4. The van der Waals surface area contributed by atoms with Gasteiger partial charge in [-0.25, -0.2) is 4.90 Å². The van der Waals surface area contributed by atoms with Crippen molar-refractivity contribution in [2.24, 2.45) is 0 Å². The molecule has 1 saturated heterocycles. The third-order valence-corrected chi connectivity index (χ3v) is 4.81. The fourth-order valence-electron chi connectivity index (χ4n) is 3.72. The number of anilines is 2. The fraction of sp³-hybridized carbons (Fsp3) is 0.333. The minimum Gasteiger partial charge on any atom is -0.373 e. The Bertz CT molecular complexity index is 827. The summed E-state index contributed by atoms with van der Waals surface area (Å²) < 4.78 is 0. The number of amides is 2. The Morgan fingerprint density at radius 3 is 2.04 bits per heavy atom. The van der Waals surface area contributed by atoms with Crippen molar-refractivity contribution in [1.82, 2.24) is 0 Å². The van der Waals surface area contributed by atoms with E-state index in [1.807, 2.05) is 65.0 Å². The summed E-state index contributed by atoms with van der Waals surface area (Å²) in [5, 5.41) is 3.30. The number of benzene rings is 2. The summed E-state index contributed by atoms with van der Waals surface area (Å²) in [4.78, 5) is 26.9. The molecule has 4 nitrogen and oxygen atoms in total. The van der Waals surface area contributed by atoms with E-state index in [9.17, 15) is 9.59 Å². The topological polar surface area (TPSA) is 49.4 Å². The van der Waals surface area contributed by atoms with Crippen molar-refractivity contribution >= 4 is 23.2 Å². The summed E-state index contributed by atoms with van der Waals surface area (Å²) in [7, 11) is 0. The molecular formula is C21H24N2O2. The molecule has 3 rings (SSSR count). The molecule has 1 N–H and O–H groups in total. The number of hydrogen-bond donors (Lipinski definition) is 1. The van der Waals surface area contributed by atoms with Crippen molar-refractivity contribution in [2.75, 3.05) is 10.2 Å². The summed E-state index contributed by atoms with van der Waals surface area (Å²) in [6.45, 7) is 9.91. The zero-order valence-electron chi connectivity index (χ0n) is 15.4. The van der Waals surface area contributed by atoms with Crippen LogP contribution in [0.4, 0.5) is 11.4 Å². The monoisotopic (exact) mass is 336 g/mol. The first-order valence-corrected chi connectivity index (χ1v) is 8.57. The van der Waals surface area contributed by atoms with Gasteiger partial charge in [-0.15, -0.1) is 0 Å². The summed E-state index contributed by atoms with van der Waals surface area (Å²) in [5.41, 5.74) is 6.84. The van der Waals surface area contributed by atoms with E-state index < -0.39 is 6.04 Å². The third kappa shape index (κ3) is 3.04. The van der Waals surface area contributed by atoms with Crippen LogP contribution in [0, 0.1) is 34.6 Å². The van der Waals surface area contributed by atoms with Crippen LogP contribution in [0.3, 0.4) is 0 Å². The Morgan fingerprint density at radius 2 is 1.48 bits per heavy atom. The number of carbonyl (C=O) groups is 2. The maximum atomic E-state index is 13.0. The Morgan fingerprint density at radius 1 is 0.920 bits per heavy atom. The van der Waals surface area contributed by atoms with Gasteiger partial charge in [0.2, 0.25) is 5.91 Å². The minimum absolute atomic E-state index is 0.149. The van der Waals surface area contributed by atoms with Gasteiger partial charge in [0.25, 0.3) is 5.91 Å². The molecule has 1 heterocycles. The smallest absolute Gasteiger partial charge is 0.256 e. The van der Waals surface area contributed by atoms with Crippen molar-refractivity contribution < 1.29 is 9.59 Å². The van der Waals surface area contributed by atoms with Crippen LogP contribution in [0.5, 0.6) is 0 Å². The molecule has 0 radical (unpaired) electrons. The normalized spacial score (nSPS) is 17.3. The predicted octanol–water partition coefficient (Wildman–Crippen LogP) is 3.97. The van der Waals surface area contributed by atoms with E-state index in [2.05, 4.69) is 5.32 Å². The van der Waals surface area contributed by atoms with E-state index in [0.717, 1.165) is 39.2 Å². The number of nitrogens with zero attached hydrogens (tertiary/aromatic N) is 1. The highest BCUT2D eigenvalue weighted by Gasteiger charge is 2.41. The highest BCUT2D eigenvalue weighted by atomic mass is 16.2. The van der Waals surface area contributed by atoms with Gasteiger partial charge in [0, 0.05) is 5.69 Å². The average Bonchev–Trinajstić information content (AvgIpc) is 2.78. The molecule has 4 heteroatoms. The van der Waals surface area contributed by atoms with E-state index >= 15 is 0 Å². The van der Waals surface area contributed by atoms with Gasteiger partial charge in [0.15, 0.2) is 0 Å². The second kappa shape index (κ2) is 6.36. The molecule has 0 bridgehead atoms. The molecule has 0 aliphatic carbocycles. The number of aryl methyl sites for hydroxylation is 5. The van der Waals surface area contributed by atoms with Crippen molar-refractivity contribution in [3.8, 4) is 0 Å². The van der Waals surface area contributed by atoms with Gasteiger partial charge in [0.1, 0.15) is 6.04 Å². The van der Waals surface area contributed by atoms with Crippen LogP contribution in [0.1, 0.15) is 34.2 Å². The van der Waals surface area contributed by atoms with Crippen LogP contribution < -0.4 is 10.2 Å². The molecule has 0 aromatic heterocycles. The maximum Gasteiger partial charge on any atom is 0.256 e. The van der Waals surface area contributed by atoms with Gasteiger partial charge >= 0.3 is 0 Å². The molecule has 1 aliphatic heterocycles. The molecule has 1 fully saturated rings. The Labute approximate surface area is 148 Å². The van der Waals surface area contributed by atoms with E-state index in [4.69, 9.17) is 0 Å². The Hall–Kier alpha value is -2.62. The lowest BCUT2D eigenvalue weighted by Gasteiger charge is -2.21. The zero-order chi connectivity index (χ0) is 18.3. The van der Waals surface area contributed by atoms with Gasteiger partial charge in [-0.1, -0.05) is 35.9 Å². The van der Waals surface area contributed by atoms with Crippen LogP contribution in [0.2, 0.25) is 0 Å². The highest BCUT2D eigenvalue weighted by Crippen LogP contribution is 2.32. The Kier molecular flexibility index (Phi) is 4.38. The van der Waals surface area contributed by atoms with Gasteiger partial charge in [-0.3, -0.25) is 9.59 Å². The number of para-hydroxylation sites is 1. The largest absolute Gasteiger partial charge is 0.373 e. The SMILES string of the molecule is Cc1cc(C)c(N2C(=O)C[C@H](Nc3c(C)cccc3C)C2=O)c(C)c1. The van der Waals surface area contributed by atoms with Gasteiger partial charge < -0.3 is 5.32 Å². The second-order valence-corrected chi connectivity index (χ2v) is 6.98. The first-order chi connectivity index (χ1) is 11.8. The van der Waals surface area contributed by atoms with Gasteiger partial charge in [0.05, 0.1) is 12.1 Å². The van der Waals surface area contributed by atoms with Crippen LogP contribution in [0.25, 0.3) is 0 Å². The molecule has 25 heavy (non-hydrogen) atoms. The van der Waals surface area contributed by atoms with Crippen LogP contribution in [-0.2, 0) is 9.59 Å². The maximum absolute atomic E-state index is 13.0. The average molecular weight is 336 g/mol. The molecule has 0 unspecified atom stereocenters. The molecular weight excluding hydrogens is 312 g/mol. The molecule has 1 atom stereocenters. The van der Waals surface area contributed by atoms with Crippen LogP contribution in [0.15, 0.2) is 30.3 Å². The molecule has 130 valence electrons. The molecule has 0 saturated carbocycles. The van der Waals surface area contributed by atoms with E-state index in [1.165, 1.54) is 4.90 Å². The third-order valence-electron chi connectivity index (χ3n) is 4.81. The highest BCUT2D eigenvalue weighted by molar-refractivity contribution is 6.23. The fourth-order valence-corrected chi connectivity index (χ4v) is 3.72. The lowest BCUT2D eigenvalue weighted by atomic mass is 10.0. The van der Waals surface area contributed by atoms with Crippen molar-refractivity contribution in [3.63, 3.8) is 0 Å². The predicted molar refractivity (Wildman–Crippen MR) is 101 cm³/mol. The number of rotatable bonds is 3. The molecule has 2 amide bonds. The number of carbonyl (C=O) groups excluding carboxylic acids is 2. The van der Waals surface area contributed by atoms with Crippen LogP contribution >= 0.6 is 0 Å². The van der Waals surface area contributed by atoms with Gasteiger partial charge in [-0.2, -0.15) is 0 Å². The van der Waals surface area contributed by atoms with Gasteiger partial charge in [-0.05, 0) is 56.9 Å². The number of nitrogens with one attached hydrogen (secondary N) is 1. The standard InChI is InChI=1S/C21H24N2O2/c1-12-9-15(4)20(16(5)10-12)23-18(24)11-17(21(23)25)22-19-13(2)7-6-8-14(19)3/h6-10,17,22H,11H2,1-5H3/t17-/m0/s1. The first kappa shape index (κ1) is 17.2. The molecule has 2 aromatic rings. The number of imide groups is 1. The summed E-state index contributed by atoms with van der Waals surface area (Å²) in [5.74, 6) is -0.327. The van der Waals surface area contributed by atoms with Crippen molar-refractivity contribution in [3.05, 3.63) is 58.1 Å². The van der Waals surface area contributed by atoms with E-state index in [0.29, 0.717) is 0 Å². The summed E-state index contributed by atoms with van der Waals surface area (Å²) in [6.07, 6.45) is 0.180. The van der Waals surface area contributed by atoms with E-state index in [1.54, 1.807) is 0 Å². The summed E-state index contributed by atoms with van der Waals surface area (Å²) in [6, 6.07) is 9.49. The summed E-state index contributed by atoms with van der Waals surface area (Å²) >= 11 is 0. The first-order valence-electron chi connectivity index (χ1n) is 8.57. The minimum atomic E-state index is -0.521. The quantitative estimate of drug-likeness (QED) is 0.863. The molecule has 2 aromatic carbocycles. The lowest BCUT2D eigenvalue weighted by Crippen LogP contribution is -2.36. The van der Waals surface area contributed by atoms with Crippen LogP contribution in [-0.4, -0.2) is 17.9 Å². The van der Waals surface area contributed by atoms with Crippen molar-refractivity contribution in [2.45, 2.75) is 47.1 Å². The second-order valence-electron chi connectivity index (χ2n) is 6.98. The van der Waals surface area contributed by atoms with Crippen molar-refractivity contribution in [1.29, 1.82) is 0 Å². The van der Waals surface area contributed by atoms with E-state index in [-0.39, 0.29) is 18.2 Å². The molecule has 1 aliphatic rings. The number of hydrogen-bond acceptors (Lipinski definition) is 3. The lowest BCUT2D eigenvalue weighted by molar-refractivity contribution is -0.121. The molecule has 0 spiro atoms.